The van der Waals surface area contributed by atoms with Crippen molar-refractivity contribution in [1.29, 1.82) is 0 Å². The molecule has 0 heterocycles. The summed E-state index contributed by atoms with van der Waals surface area (Å²) in [6.07, 6.45) is 0.632. The molecular weight excluding hydrogens is 349 g/mol. The number of hydrogen-bond acceptors (Lipinski definition) is 7. The molecule has 0 radical (unpaired) electrons. The zero-order chi connectivity index (χ0) is 21.5. The first-order chi connectivity index (χ1) is 12.2. The fourth-order valence-electron chi connectivity index (χ4n) is 3.08. The molecular formula is C18H36BN3O5. The van der Waals surface area contributed by atoms with Crippen LogP contribution in [0.3, 0.4) is 0 Å². The van der Waals surface area contributed by atoms with Crippen molar-refractivity contribution in [2.75, 3.05) is 0 Å². The van der Waals surface area contributed by atoms with Crippen LogP contribution in [0.1, 0.15) is 60.8 Å². The molecule has 8 nitrogen and oxygen atoms in total. The molecule has 0 aromatic carbocycles. The molecule has 0 aliphatic heterocycles. The van der Waals surface area contributed by atoms with Crippen molar-refractivity contribution in [3.05, 3.63) is 0 Å². The average Bonchev–Trinajstić information content (AvgIpc) is 2.50. The van der Waals surface area contributed by atoms with Crippen molar-refractivity contribution in [1.82, 2.24) is 5.32 Å². The topological polar surface area (TPSA) is 156 Å². The highest BCUT2D eigenvalue weighted by Gasteiger charge is 2.46. The lowest BCUT2D eigenvalue weighted by atomic mass is 9.76. The molecule has 0 unspecified atom stereocenters. The van der Waals surface area contributed by atoms with Crippen LogP contribution >= 0.6 is 0 Å². The van der Waals surface area contributed by atoms with E-state index in [4.69, 9.17) is 11.5 Å². The molecule has 0 spiro atoms. The minimum Gasteiger partial charge on any atom is -0.421 e. The minimum atomic E-state index is -2.22. The molecule has 9 heteroatoms. The first kappa shape index (κ1) is 25.7. The van der Waals surface area contributed by atoms with Gasteiger partial charge in [-0.25, -0.2) is 0 Å². The second-order valence-corrected chi connectivity index (χ2v) is 8.60. The van der Waals surface area contributed by atoms with Crippen molar-refractivity contribution in [2.45, 2.75) is 78.4 Å². The highest BCUT2D eigenvalue weighted by Crippen LogP contribution is 2.20. The third-order valence-electron chi connectivity index (χ3n) is 4.25. The molecule has 0 aromatic rings. The Kier molecular flexibility index (Phi) is 10.4. The molecule has 0 fully saturated rings. The summed E-state index contributed by atoms with van der Waals surface area (Å²) in [7, 11) is -2.22. The van der Waals surface area contributed by atoms with Crippen molar-refractivity contribution in [3.8, 4) is 0 Å². The molecule has 0 aromatic heterocycles. The molecule has 0 bridgehead atoms. The number of carbonyl (C=O) groups excluding carboxylic acids is 3. The van der Waals surface area contributed by atoms with Gasteiger partial charge in [-0.05, 0) is 37.0 Å². The lowest BCUT2D eigenvalue weighted by Crippen LogP contribution is -2.66. The molecule has 0 rings (SSSR count). The van der Waals surface area contributed by atoms with Crippen LogP contribution in [-0.2, 0) is 14.4 Å². The van der Waals surface area contributed by atoms with E-state index in [0.717, 1.165) is 0 Å². The van der Waals surface area contributed by atoms with Crippen LogP contribution in [0.4, 0.5) is 0 Å². The quantitative estimate of drug-likeness (QED) is 0.230. The highest BCUT2D eigenvalue weighted by molar-refractivity contribution is 6.79. The van der Waals surface area contributed by atoms with Crippen molar-refractivity contribution < 1.29 is 24.4 Å². The summed E-state index contributed by atoms with van der Waals surface area (Å²) < 4.78 is 0. The molecule has 27 heavy (non-hydrogen) atoms. The molecule has 0 aliphatic rings. The third-order valence-corrected chi connectivity index (χ3v) is 4.25. The van der Waals surface area contributed by atoms with Gasteiger partial charge in [-0.3, -0.25) is 9.59 Å². The average molecular weight is 385 g/mol. The number of amides is 1. The first-order valence-electron chi connectivity index (χ1n) is 9.51. The second kappa shape index (κ2) is 10.9. The summed E-state index contributed by atoms with van der Waals surface area (Å²) in [5, 5.41) is 20.9. The highest BCUT2D eigenvalue weighted by atomic mass is 16.4. The Labute approximate surface area is 162 Å². The number of ketones is 1. The number of carbonyl (C=O) groups is 3. The van der Waals surface area contributed by atoms with Gasteiger partial charge in [0.05, 0.1) is 12.1 Å². The lowest BCUT2D eigenvalue weighted by molar-refractivity contribution is -0.139. The van der Waals surface area contributed by atoms with Gasteiger partial charge in [0, 0.05) is 0 Å². The summed E-state index contributed by atoms with van der Waals surface area (Å²) in [5.41, 5.74) is 9.39. The Morgan fingerprint density at radius 1 is 0.963 bits per heavy atom. The van der Waals surface area contributed by atoms with Gasteiger partial charge in [0.15, 0.2) is 17.0 Å². The van der Waals surface area contributed by atoms with Gasteiger partial charge in [-0.2, -0.15) is 0 Å². The Morgan fingerprint density at radius 2 is 1.44 bits per heavy atom. The van der Waals surface area contributed by atoms with Crippen LogP contribution in [0.5, 0.6) is 0 Å². The van der Waals surface area contributed by atoms with E-state index >= 15 is 0 Å². The number of nitrogens with one attached hydrogen (secondary N) is 1. The van der Waals surface area contributed by atoms with Crippen LogP contribution in [0, 0.1) is 17.8 Å². The fourth-order valence-corrected chi connectivity index (χ4v) is 3.08. The number of hydrogen-bond donors (Lipinski definition) is 5. The zero-order valence-corrected chi connectivity index (χ0v) is 17.4. The Hall–Kier alpha value is -1.29. The molecule has 156 valence electrons. The minimum absolute atomic E-state index is 0.00540. The van der Waals surface area contributed by atoms with E-state index in [2.05, 4.69) is 5.32 Å². The predicted molar refractivity (Wildman–Crippen MR) is 105 cm³/mol. The maximum Gasteiger partial charge on any atom is 0.529 e. The first-order valence-corrected chi connectivity index (χ1v) is 9.51. The van der Waals surface area contributed by atoms with Crippen LogP contribution in [0.15, 0.2) is 0 Å². The van der Waals surface area contributed by atoms with E-state index in [9.17, 15) is 24.4 Å². The van der Waals surface area contributed by atoms with Gasteiger partial charge < -0.3 is 31.6 Å². The number of rotatable bonds is 12. The van der Waals surface area contributed by atoms with Gasteiger partial charge in [-0.15, -0.1) is 0 Å². The third kappa shape index (κ3) is 8.08. The van der Waals surface area contributed by atoms with Gasteiger partial charge in [0.1, 0.15) is 0 Å². The molecule has 0 saturated carbocycles. The van der Waals surface area contributed by atoms with E-state index in [1.54, 1.807) is 0 Å². The summed E-state index contributed by atoms with van der Waals surface area (Å²) in [6.45, 7) is 11.1. The van der Waals surface area contributed by atoms with Gasteiger partial charge in [0.25, 0.3) is 0 Å². The molecule has 1 amide bonds. The van der Waals surface area contributed by atoms with E-state index in [-0.39, 0.29) is 30.6 Å². The van der Waals surface area contributed by atoms with E-state index < -0.39 is 42.1 Å². The molecule has 3 atom stereocenters. The number of nitrogens with two attached hydrogens (primary N) is 2. The van der Waals surface area contributed by atoms with Crippen LogP contribution < -0.4 is 16.8 Å². The maximum atomic E-state index is 12.9. The van der Waals surface area contributed by atoms with Crippen molar-refractivity contribution in [3.63, 3.8) is 0 Å². The zero-order valence-electron chi connectivity index (χ0n) is 17.4. The van der Waals surface area contributed by atoms with Gasteiger partial charge >= 0.3 is 7.12 Å². The van der Waals surface area contributed by atoms with Gasteiger partial charge in [-0.1, -0.05) is 41.5 Å². The summed E-state index contributed by atoms with van der Waals surface area (Å²) in [6, 6.07) is -2.05. The molecule has 7 N–H and O–H groups in total. The Morgan fingerprint density at radius 3 is 1.81 bits per heavy atom. The molecule has 0 saturated heterocycles. The Bertz CT molecular complexity index is 525. The van der Waals surface area contributed by atoms with Gasteiger partial charge in [0.2, 0.25) is 5.91 Å². The summed E-state index contributed by atoms with van der Waals surface area (Å²) in [5.74, 6) is -1.33. The fraction of sp³-hybridized carbons (Fsp3) is 0.833. The Balaban J connectivity index is 5.67. The largest absolute Gasteiger partial charge is 0.529 e. The summed E-state index contributed by atoms with van der Waals surface area (Å²) in [4.78, 5) is 37.9. The smallest absolute Gasteiger partial charge is 0.421 e. The van der Waals surface area contributed by atoms with Crippen LogP contribution in [0.25, 0.3) is 0 Å². The molecule has 0 aliphatic carbocycles. The number of Topliss-reactive ketones (excluding diaryl/α,β-unsaturated/α-hetero) is 1. The normalized spacial score (nSPS) is 16.2. The monoisotopic (exact) mass is 385 g/mol. The van der Waals surface area contributed by atoms with E-state index in [1.807, 2.05) is 41.5 Å². The van der Waals surface area contributed by atoms with Crippen LogP contribution in [0.2, 0.25) is 0 Å². The standard InChI is InChI=1S/C18H36BN3O5/c1-10(2)7-13(20)15(23)18(21,9-12(5)6)17(25)22-14(8-11(3)4)16(24)19(26)27/h10-14,26-27H,7-9,20-21H2,1-6H3,(H,22,25)/t13-,14-,18-/m0/s1. The maximum absolute atomic E-state index is 12.9. The second-order valence-electron chi connectivity index (χ2n) is 8.60. The van der Waals surface area contributed by atoms with E-state index in [0.29, 0.717) is 6.42 Å². The van der Waals surface area contributed by atoms with Crippen molar-refractivity contribution >= 4 is 24.5 Å². The van der Waals surface area contributed by atoms with Crippen LogP contribution in [-0.4, -0.2) is 52.2 Å². The van der Waals surface area contributed by atoms with Crippen molar-refractivity contribution in [2.24, 2.45) is 29.2 Å². The predicted octanol–water partition coefficient (Wildman–Crippen LogP) is -0.215. The van der Waals surface area contributed by atoms with E-state index in [1.165, 1.54) is 0 Å². The lowest BCUT2D eigenvalue weighted by Gasteiger charge is -2.33. The summed E-state index contributed by atoms with van der Waals surface area (Å²) >= 11 is 0. The SMILES string of the molecule is CC(C)C[C@H](NC(=O)[C@](N)(CC(C)C)C(=O)[C@@H](N)CC(C)C)C(=O)B(O)O.